The second-order valence-electron chi connectivity index (χ2n) is 1.71. The Balaban J connectivity index is 3.37. The van der Waals surface area contributed by atoms with Gasteiger partial charge in [0.1, 0.15) is 4.33 Å². The van der Waals surface area contributed by atoms with Gasteiger partial charge < -0.3 is 0 Å². The zero-order chi connectivity index (χ0) is 6.62. The summed E-state index contributed by atoms with van der Waals surface area (Å²) in [6.07, 6.45) is 2.04. The Bertz CT molecular complexity index is 59.5. The molecule has 0 atom stereocenters. The summed E-state index contributed by atoms with van der Waals surface area (Å²) in [5, 5.41) is 0. The summed E-state index contributed by atoms with van der Waals surface area (Å²) in [6, 6.07) is 0. The molecule has 0 rings (SSSR count). The smallest absolute Gasteiger partial charge is 0.102 e. The minimum atomic E-state index is -0.637. The zero-order valence-corrected chi connectivity index (χ0v) is 6.30. The third kappa shape index (κ3) is 3.57. The Labute approximate surface area is 61.2 Å². The minimum absolute atomic E-state index is 0.547. The quantitative estimate of drug-likeness (QED) is 0.546. The molecule has 0 amide bonds. The normalized spacial score (nSPS) is 12.0. The van der Waals surface area contributed by atoms with Gasteiger partial charge in [-0.3, -0.25) is 0 Å². The van der Waals surface area contributed by atoms with E-state index < -0.39 is 4.33 Å². The first-order valence-electron chi connectivity index (χ1n) is 2.59. The van der Waals surface area contributed by atoms with E-state index in [1.165, 1.54) is 0 Å². The lowest BCUT2D eigenvalue weighted by atomic mass is 10.2. The molecule has 0 saturated carbocycles. The first kappa shape index (κ1) is 8.58. The van der Waals surface area contributed by atoms with Gasteiger partial charge in [0, 0.05) is 0 Å². The molecule has 0 aliphatic rings. The molecule has 0 bridgehead atoms. The maximum atomic E-state index is 5.68. The molecular weight excluding hydrogens is 143 g/mol. The summed E-state index contributed by atoms with van der Waals surface area (Å²) in [6.45, 7) is 7.21. The van der Waals surface area contributed by atoms with Gasteiger partial charge >= 0.3 is 0 Å². The summed E-state index contributed by atoms with van der Waals surface area (Å²) in [7, 11) is 0. The van der Waals surface area contributed by atoms with Crippen LogP contribution in [0.4, 0.5) is 0 Å². The van der Waals surface area contributed by atoms with Gasteiger partial charge in [-0.25, -0.2) is 0 Å². The van der Waals surface area contributed by atoms with Crippen LogP contribution in [0.2, 0.25) is 0 Å². The average Bonchev–Trinajstić information content (AvgIpc) is 1.67. The van der Waals surface area contributed by atoms with Crippen LogP contribution in [-0.4, -0.2) is 4.33 Å². The number of alkyl halides is 2. The summed E-state index contributed by atoms with van der Waals surface area (Å²) in [5.41, 5.74) is 0. The van der Waals surface area contributed by atoms with Crippen LogP contribution >= 0.6 is 23.2 Å². The molecule has 0 N–H and O–H groups in total. The van der Waals surface area contributed by atoms with E-state index in [1.807, 2.05) is 0 Å². The first-order valence-corrected chi connectivity index (χ1v) is 3.34. The molecule has 0 fully saturated rings. The monoisotopic (exact) mass is 152 g/mol. The van der Waals surface area contributed by atoms with Crippen molar-refractivity contribution in [2.75, 3.05) is 0 Å². The minimum Gasteiger partial charge on any atom is -0.102 e. The Morgan fingerprint density at radius 1 is 1.25 bits per heavy atom. The molecule has 0 heterocycles. The van der Waals surface area contributed by atoms with Gasteiger partial charge in [0.25, 0.3) is 0 Å². The zero-order valence-electron chi connectivity index (χ0n) is 4.79. The van der Waals surface area contributed by atoms with Crippen LogP contribution < -0.4 is 0 Å². The van der Waals surface area contributed by atoms with E-state index in [0.717, 1.165) is 12.8 Å². The molecule has 0 aliphatic carbocycles. The maximum Gasteiger partial charge on any atom is 0.118 e. The molecule has 0 spiro atoms. The summed E-state index contributed by atoms with van der Waals surface area (Å²) >= 11 is 11.4. The lowest BCUT2D eigenvalue weighted by Gasteiger charge is -2.14. The molecule has 2 radical (unpaired) electrons. The largest absolute Gasteiger partial charge is 0.118 e. The van der Waals surface area contributed by atoms with Crippen molar-refractivity contribution in [1.82, 2.24) is 0 Å². The second kappa shape index (κ2) is 3.58. The van der Waals surface area contributed by atoms with Crippen molar-refractivity contribution < 1.29 is 0 Å². The van der Waals surface area contributed by atoms with Crippen LogP contribution in [-0.2, 0) is 0 Å². The fourth-order valence-corrected chi connectivity index (χ4v) is 0.651. The Morgan fingerprint density at radius 2 is 1.75 bits per heavy atom. The second-order valence-corrected chi connectivity index (χ2v) is 3.35. The van der Waals surface area contributed by atoms with E-state index in [9.17, 15) is 0 Å². The van der Waals surface area contributed by atoms with Gasteiger partial charge in [-0.15, -0.1) is 23.2 Å². The Kier molecular flexibility index (Phi) is 3.84. The molecule has 0 aliphatic heterocycles. The Hall–Kier alpha value is 0.580. The molecule has 8 heavy (non-hydrogen) atoms. The predicted molar refractivity (Wildman–Crippen MR) is 39.0 cm³/mol. The molecule has 0 unspecified atom stereocenters. The number of halogens is 2. The van der Waals surface area contributed by atoms with Gasteiger partial charge in [-0.05, 0) is 12.8 Å². The molecule has 0 aromatic rings. The van der Waals surface area contributed by atoms with Gasteiger partial charge in [0.15, 0.2) is 0 Å². The highest BCUT2D eigenvalue weighted by Gasteiger charge is 2.18. The van der Waals surface area contributed by atoms with E-state index >= 15 is 0 Å². The molecule has 0 aromatic carbocycles. The van der Waals surface area contributed by atoms with E-state index in [1.54, 1.807) is 0 Å². The third-order valence-electron chi connectivity index (χ3n) is 0.908. The van der Waals surface area contributed by atoms with Crippen LogP contribution in [0.1, 0.15) is 19.3 Å². The summed E-state index contributed by atoms with van der Waals surface area (Å²) in [5.74, 6) is 0. The van der Waals surface area contributed by atoms with Crippen LogP contribution in [0, 0.1) is 13.8 Å². The molecule has 0 saturated heterocycles. The van der Waals surface area contributed by atoms with Gasteiger partial charge in [-0.1, -0.05) is 20.3 Å². The molecule has 2 heteroatoms. The van der Waals surface area contributed by atoms with Crippen LogP contribution in [0.5, 0.6) is 0 Å². The molecular formula is C6H10Cl2. The lowest BCUT2D eigenvalue weighted by Crippen LogP contribution is -2.09. The highest BCUT2D eigenvalue weighted by atomic mass is 35.5. The maximum absolute atomic E-state index is 5.68. The van der Waals surface area contributed by atoms with Crippen molar-refractivity contribution in [1.29, 1.82) is 0 Å². The molecule has 0 aromatic heterocycles. The fraction of sp³-hybridized carbons (Fsp3) is 0.667. The van der Waals surface area contributed by atoms with Crippen molar-refractivity contribution in [2.45, 2.75) is 23.6 Å². The van der Waals surface area contributed by atoms with Crippen LogP contribution in [0.3, 0.4) is 0 Å². The van der Waals surface area contributed by atoms with Crippen molar-refractivity contribution >= 4 is 23.2 Å². The number of rotatable bonds is 3. The van der Waals surface area contributed by atoms with E-state index in [4.69, 9.17) is 23.2 Å². The lowest BCUT2D eigenvalue weighted by molar-refractivity contribution is 0.707. The molecule has 48 valence electrons. The van der Waals surface area contributed by atoms with Crippen LogP contribution in [0.25, 0.3) is 0 Å². The average molecular weight is 153 g/mol. The van der Waals surface area contributed by atoms with Crippen molar-refractivity contribution in [3.8, 4) is 0 Å². The molecule has 0 nitrogen and oxygen atoms in total. The fourth-order valence-electron chi connectivity index (χ4n) is 0.384. The van der Waals surface area contributed by atoms with Crippen molar-refractivity contribution in [2.24, 2.45) is 0 Å². The number of hydrogen-bond donors (Lipinski definition) is 0. The Morgan fingerprint density at radius 3 is 1.88 bits per heavy atom. The predicted octanol–water partition coefficient (Wildman–Crippen LogP) is 3.00. The van der Waals surface area contributed by atoms with Gasteiger partial charge in [-0.2, -0.15) is 0 Å². The first-order chi connectivity index (χ1) is 3.62. The highest BCUT2D eigenvalue weighted by molar-refractivity contribution is 6.48. The summed E-state index contributed by atoms with van der Waals surface area (Å²) in [4.78, 5) is 0. The van der Waals surface area contributed by atoms with Gasteiger partial charge in [0.05, 0.1) is 0 Å². The highest BCUT2D eigenvalue weighted by Crippen LogP contribution is 2.29. The van der Waals surface area contributed by atoms with Crippen molar-refractivity contribution in [3.05, 3.63) is 13.8 Å². The number of hydrogen-bond acceptors (Lipinski definition) is 0. The van der Waals surface area contributed by atoms with E-state index in [0.29, 0.717) is 6.42 Å². The van der Waals surface area contributed by atoms with E-state index in [-0.39, 0.29) is 0 Å². The van der Waals surface area contributed by atoms with E-state index in [2.05, 4.69) is 13.8 Å². The standard InChI is InChI=1S/C6H10Cl2/c1-3-5-6(7,8)4-2/h1-5H2. The summed E-state index contributed by atoms with van der Waals surface area (Å²) < 4.78 is -0.637. The van der Waals surface area contributed by atoms with Gasteiger partial charge in [0.2, 0.25) is 0 Å². The van der Waals surface area contributed by atoms with Crippen LogP contribution in [0.15, 0.2) is 0 Å². The van der Waals surface area contributed by atoms with Crippen molar-refractivity contribution in [3.63, 3.8) is 0 Å². The topological polar surface area (TPSA) is 0 Å². The SMILES string of the molecule is [CH2]CCC(Cl)(Cl)C[CH2]. The third-order valence-corrected chi connectivity index (χ3v) is 1.66.